The maximum atomic E-state index is 12.2. The molecule has 0 spiro atoms. The van der Waals surface area contributed by atoms with Crippen LogP contribution in [-0.4, -0.2) is 31.7 Å². The van der Waals surface area contributed by atoms with Crippen molar-refractivity contribution in [2.45, 2.75) is 45.6 Å². The number of anilines is 1. The van der Waals surface area contributed by atoms with E-state index < -0.39 is 6.10 Å². The second-order valence-electron chi connectivity index (χ2n) is 4.79. The molecular weight excluding hydrogens is 306 g/mol. The van der Waals surface area contributed by atoms with Crippen LogP contribution >= 0.6 is 0 Å². The van der Waals surface area contributed by atoms with Gasteiger partial charge < -0.3 is 14.8 Å². The number of para-hydroxylation sites is 1. The highest BCUT2D eigenvalue weighted by Crippen LogP contribution is 2.12. The van der Waals surface area contributed by atoms with E-state index in [0.29, 0.717) is 32.3 Å². The quantitative estimate of drug-likeness (QED) is 0.399. The zero-order valence-corrected chi connectivity index (χ0v) is 14.9. The summed E-state index contributed by atoms with van der Waals surface area (Å²) in [6, 6.07) is 9.23. The van der Waals surface area contributed by atoms with Gasteiger partial charge in [0.1, 0.15) is 6.10 Å². The van der Waals surface area contributed by atoms with Gasteiger partial charge in [-0.05, 0) is 31.4 Å². The minimum atomic E-state index is -0.559. The molecule has 0 bridgehead atoms. The fourth-order valence-corrected chi connectivity index (χ4v) is 1.92. The van der Waals surface area contributed by atoms with Crippen molar-refractivity contribution in [2.24, 2.45) is 0 Å². The lowest BCUT2D eigenvalue weighted by Gasteiger charge is -2.16. The Bertz CT molecular complexity index is 474. The van der Waals surface area contributed by atoms with E-state index in [-0.39, 0.29) is 11.9 Å². The van der Waals surface area contributed by atoms with Crippen LogP contribution in [0.2, 0.25) is 0 Å². The van der Waals surface area contributed by atoms with Gasteiger partial charge in [0.25, 0.3) is 5.91 Å². The lowest BCUT2D eigenvalue weighted by molar-refractivity contribution is -0.140. The summed E-state index contributed by atoms with van der Waals surface area (Å²) in [6.07, 6.45) is 3.32. The van der Waals surface area contributed by atoms with Crippen molar-refractivity contribution in [3.05, 3.63) is 43.0 Å². The molecule has 24 heavy (non-hydrogen) atoms. The lowest BCUT2D eigenvalue weighted by atomic mass is 10.1. The Hall–Kier alpha value is -2.14. The van der Waals surface area contributed by atoms with Crippen molar-refractivity contribution in [1.82, 2.24) is 0 Å². The van der Waals surface area contributed by atoms with Crippen LogP contribution < -0.4 is 5.32 Å². The number of amides is 1. The van der Waals surface area contributed by atoms with E-state index in [0.717, 1.165) is 5.69 Å². The molecule has 0 saturated carbocycles. The van der Waals surface area contributed by atoms with Crippen molar-refractivity contribution >= 4 is 17.6 Å². The second kappa shape index (κ2) is 14.5. The third-order valence-corrected chi connectivity index (χ3v) is 3.07. The summed E-state index contributed by atoms with van der Waals surface area (Å²) in [5, 5.41) is 2.82. The van der Waals surface area contributed by atoms with E-state index in [1.54, 1.807) is 6.08 Å². The third-order valence-electron chi connectivity index (χ3n) is 3.07. The van der Waals surface area contributed by atoms with Gasteiger partial charge in [-0.1, -0.05) is 38.1 Å². The molecule has 1 N–H and O–H groups in total. The number of carbonyl (C=O) groups is 2. The van der Waals surface area contributed by atoms with E-state index in [1.165, 1.54) is 7.11 Å². The van der Waals surface area contributed by atoms with Gasteiger partial charge in [0, 0.05) is 12.1 Å². The molecule has 1 atom stereocenters. The summed E-state index contributed by atoms with van der Waals surface area (Å²) < 4.78 is 10.1. The number of nitrogens with one attached hydrogen (secondary N) is 1. The first-order chi connectivity index (χ1) is 11.7. The fraction of sp³-hybridized carbons (Fsp3) is 0.474. The molecule has 0 aromatic heterocycles. The van der Waals surface area contributed by atoms with E-state index >= 15 is 0 Å². The zero-order chi connectivity index (χ0) is 18.2. The molecule has 5 heteroatoms. The molecule has 1 aromatic rings. The van der Waals surface area contributed by atoms with Crippen LogP contribution in [-0.2, 0) is 19.1 Å². The monoisotopic (exact) mass is 335 g/mol. The van der Waals surface area contributed by atoms with Gasteiger partial charge in [0.05, 0.1) is 13.7 Å². The van der Waals surface area contributed by atoms with Gasteiger partial charge in [0.2, 0.25) is 0 Å². The number of ether oxygens (including phenoxy) is 2. The van der Waals surface area contributed by atoms with Gasteiger partial charge in [0.15, 0.2) is 0 Å². The summed E-state index contributed by atoms with van der Waals surface area (Å²) in [7, 11) is 1.37. The van der Waals surface area contributed by atoms with Crippen LogP contribution in [0.15, 0.2) is 43.0 Å². The third kappa shape index (κ3) is 9.79. The van der Waals surface area contributed by atoms with Gasteiger partial charge in [-0.3, -0.25) is 9.59 Å². The van der Waals surface area contributed by atoms with Crippen LogP contribution in [0.4, 0.5) is 5.69 Å². The Balaban J connectivity index is 0.00000254. The number of rotatable bonds is 10. The number of unbranched alkanes of at least 4 members (excludes halogenated alkanes) is 1. The zero-order valence-electron chi connectivity index (χ0n) is 14.9. The van der Waals surface area contributed by atoms with E-state index in [2.05, 4.69) is 16.6 Å². The summed E-state index contributed by atoms with van der Waals surface area (Å²) in [6.45, 7) is 7.90. The SMILES string of the molecule is C=CCOC(CCCCC(=O)OC)C(=O)Nc1ccccc1.CC. The predicted molar refractivity (Wildman–Crippen MR) is 96.8 cm³/mol. The minimum Gasteiger partial charge on any atom is -0.469 e. The predicted octanol–water partition coefficient (Wildman–Crippen LogP) is 3.96. The standard InChI is InChI=1S/C17H23NO4.C2H6/c1-3-13-22-15(11-7-8-12-16(19)21-2)17(20)18-14-9-5-4-6-10-14;1-2/h3-6,9-10,15H,1,7-8,11-13H2,2H3,(H,18,20);1-2H3. The van der Waals surface area contributed by atoms with Crippen molar-refractivity contribution in [2.75, 3.05) is 19.0 Å². The first-order valence-corrected chi connectivity index (χ1v) is 8.32. The number of methoxy groups -OCH3 is 1. The van der Waals surface area contributed by atoms with Crippen LogP contribution in [0.5, 0.6) is 0 Å². The normalized spacial score (nSPS) is 10.8. The Morgan fingerprint density at radius 3 is 2.46 bits per heavy atom. The highest BCUT2D eigenvalue weighted by molar-refractivity contribution is 5.94. The molecule has 134 valence electrons. The van der Waals surface area contributed by atoms with Crippen LogP contribution in [0.25, 0.3) is 0 Å². The first-order valence-electron chi connectivity index (χ1n) is 8.32. The maximum Gasteiger partial charge on any atom is 0.305 e. The average molecular weight is 335 g/mol. The van der Waals surface area contributed by atoms with Crippen LogP contribution in [0.1, 0.15) is 39.5 Å². The van der Waals surface area contributed by atoms with Crippen LogP contribution in [0, 0.1) is 0 Å². The summed E-state index contributed by atoms with van der Waals surface area (Å²) in [5.41, 5.74) is 0.731. The first kappa shape index (κ1) is 21.9. The molecule has 0 fully saturated rings. The molecule has 1 rings (SSSR count). The van der Waals surface area contributed by atoms with E-state index in [1.807, 2.05) is 44.2 Å². The molecule has 5 nitrogen and oxygen atoms in total. The highest BCUT2D eigenvalue weighted by atomic mass is 16.5. The summed E-state index contributed by atoms with van der Waals surface area (Å²) >= 11 is 0. The van der Waals surface area contributed by atoms with Crippen molar-refractivity contribution in [1.29, 1.82) is 0 Å². The minimum absolute atomic E-state index is 0.189. The topological polar surface area (TPSA) is 64.6 Å². The maximum absolute atomic E-state index is 12.2. The molecule has 0 heterocycles. The van der Waals surface area contributed by atoms with Gasteiger partial charge in [-0.2, -0.15) is 0 Å². The Kier molecular flexibility index (Phi) is 13.2. The Morgan fingerprint density at radius 1 is 1.21 bits per heavy atom. The van der Waals surface area contributed by atoms with Crippen molar-refractivity contribution in [3.8, 4) is 0 Å². The van der Waals surface area contributed by atoms with E-state index in [4.69, 9.17) is 4.74 Å². The molecule has 0 radical (unpaired) electrons. The second-order valence-corrected chi connectivity index (χ2v) is 4.79. The molecule has 1 unspecified atom stereocenters. The molecule has 0 aliphatic heterocycles. The molecule has 1 amide bonds. The average Bonchev–Trinajstić information content (AvgIpc) is 2.63. The molecule has 0 aliphatic carbocycles. The number of hydrogen-bond acceptors (Lipinski definition) is 4. The molecule has 0 saturated heterocycles. The molecule has 0 aliphatic rings. The summed E-state index contributed by atoms with van der Waals surface area (Å²) in [5.74, 6) is -0.427. The number of hydrogen-bond donors (Lipinski definition) is 1. The van der Waals surface area contributed by atoms with Gasteiger partial charge in [-0.25, -0.2) is 0 Å². The Labute approximate surface area is 145 Å². The van der Waals surface area contributed by atoms with Crippen molar-refractivity contribution < 1.29 is 19.1 Å². The van der Waals surface area contributed by atoms with Gasteiger partial charge >= 0.3 is 5.97 Å². The Morgan fingerprint density at radius 2 is 1.88 bits per heavy atom. The smallest absolute Gasteiger partial charge is 0.305 e. The van der Waals surface area contributed by atoms with Crippen LogP contribution in [0.3, 0.4) is 0 Å². The number of esters is 1. The lowest BCUT2D eigenvalue weighted by Crippen LogP contribution is -2.30. The van der Waals surface area contributed by atoms with Crippen molar-refractivity contribution in [3.63, 3.8) is 0 Å². The number of benzene rings is 1. The van der Waals surface area contributed by atoms with Gasteiger partial charge in [-0.15, -0.1) is 6.58 Å². The largest absolute Gasteiger partial charge is 0.469 e. The summed E-state index contributed by atoms with van der Waals surface area (Å²) in [4.78, 5) is 23.3. The number of carbonyl (C=O) groups excluding carboxylic acids is 2. The molecular formula is C19H29NO4. The molecule has 1 aromatic carbocycles. The van der Waals surface area contributed by atoms with E-state index in [9.17, 15) is 9.59 Å². The fourth-order valence-electron chi connectivity index (χ4n) is 1.92. The highest BCUT2D eigenvalue weighted by Gasteiger charge is 2.18.